The zero-order valence-corrected chi connectivity index (χ0v) is 18.2. The van der Waals surface area contributed by atoms with Crippen LogP contribution in [0, 0.1) is 0 Å². The van der Waals surface area contributed by atoms with Crippen molar-refractivity contribution >= 4 is 16.8 Å². The van der Waals surface area contributed by atoms with Gasteiger partial charge < -0.3 is 15.0 Å². The van der Waals surface area contributed by atoms with E-state index in [-0.39, 0.29) is 11.9 Å². The van der Waals surface area contributed by atoms with Gasteiger partial charge >= 0.3 is 0 Å². The highest BCUT2D eigenvalue weighted by atomic mass is 16.5. The van der Waals surface area contributed by atoms with Gasteiger partial charge in [-0.2, -0.15) is 0 Å². The molecule has 2 heterocycles. The largest absolute Gasteiger partial charge is 0.497 e. The van der Waals surface area contributed by atoms with Crippen LogP contribution >= 0.6 is 0 Å². The van der Waals surface area contributed by atoms with E-state index in [9.17, 15) is 4.79 Å². The second-order valence-electron chi connectivity index (χ2n) is 8.86. The number of aromatic nitrogens is 1. The summed E-state index contributed by atoms with van der Waals surface area (Å²) >= 11 is 0. The molecule has 5 heteroatoms. The van der Waals surface area contributed by atoms with Crippen molar-refractivity contribution in [1.82, 2.24) is 15.2 Å². The molecule has 2 N–H and O–H groups in total. The van der Waals surface area contributed by atoms with E-state index in [0.717, 1.165) is 31.6 Å². The average Bonchev–Trinajstić information content (AvgIpc) is 3.18. The fraction of sp³-hybridized carbons (Fsp3) is 0.423. The maximum Gasteiger partial charge on any atom is 0.234 e. The van der Waals surface area contributed by atoms with Crippen LogP contribution in [0.3, 0.4) is 0 Å². The predicted molar refractivity (Wildman–Crippen MR) is 123 cm³/mol. The third kappa shape index (κ3) is 4.07. The van der Waals surface area contributed by atoms with Crippen molar-refractivity contribution in [2.24, 2.45) is 0 Å². The monoisotopic (exact) mass is 417 g/mol. The van der Waals surface area contributed by atoms with E-state index in [1.165, 1.54) is 47.0 Å². The van der Waals surface area contributed by atoms with Crippen LogP contribution in [0.25, 0.3) is 10.9 Å². The van der Waals surface area contributed by atoms with Gasteiger partial charge in [0.1, 0.15) is 5.75 Å². The summed E-state index contributed by atoms with van der Waals surface area (Å²) in [5.74, 6) is 0.989. The lowest BCUT2D eigenvalue weighted by atomic mass is 9.92. The molecule has 0 bridgehead atoms. The highest BCUT2D eigenvalue weighted by Gasteiger charge is 2.33. The van der Waals surface area contributed by atoms with Crippen LogP contribution in [0.5, 0.6) is 5.75 Å². The number of carbonyl (C=O) groups is 1. The van der Waals surface area contributed by atoms with Gasteiger partial charge in [-0.25, -0.2) is 0 Å². The maximum atomic E-state index is 13.0. The van der Waals surface area contributed by atoms with Gasteiger partial charge in [0.05, 0.1) is 19.7 Å². The van der Waals surface area contributed by atoms with Crippen molar-refractivity contribution in [2.45, 2.75) is 50.6 Å². The van der Waals surface area contributed by atoms with Gasteiger partial charge in [0, 0.05) is 29.2 Å². The molecule has 3 aromatic rings. The quantitative estimate of drug-likeness (QED) is 0.639. The first-order chi connectivity index (χ1) is 15.2. The van der Waals surface area contributed by atoms with E-state index in [1.807, 2.05) is 12.1 Å². The molecule has 1 atom stereocenters. The Morgan fingerprint density at radius 1 is 1.10 bits per heavy atom. The predicted octanol–water partition coefficient (Wildman–Crippen LogP) is 4.57. The molecule has 5 nitrogen and oxygen atoms in total. The minimum atomic E-state index is 0.0270. The van der Waals surface area contributed by atoms with E-state index in [2.05, 4.69) is 51.6 Å². The Hall–Kier alpha value is -2.79. The summed E-state index contributed by atoms with van der Waals surface area (Å²) in [6.45, 7) is 1.28. The molecule has 0 saturated heterocycles. The second-order valence-corrected chi connectivity index (χ2v) is 8.86. The van der Waals surface area contributed by atoms with Gasteiger partial charge in [-0.05, 0) is 48.6 Å². The number of methoxy groups -OCH3 is 1. The van der Waals surface area contributed by atoms with Gasteiger partial charge in [0.15, 0.2) is 0 Å². The summed E-state index contributed by atoms with van der Waals surface area (Å²) in [6, 6.07) is 17.1. The molecule has 31 heavy (non-hydrogen) atoms. The molecule has 2 aromatic carbocycles. The number of aromatic amines is 1. The molecule has 2 aliphatic rings. The van der Waals surface area contributed by atoms with E-state index in [0.29, 0.717) is 12.6 Å². The molecule has 162 valence electrons. The summed E-state index contributed by atoms with van der Waals surface area (Å²) in [5.41, 5.74) is 4.93. The minimum Gasteiger partial charge on any atom is -0.497 e. The fourth-order valence-corrected chi connectivity index (χ4v) is 5.33. The van der Waals surface area contributed by atoms with Crippen molar-refractivity contribution in [3.63, 3.8) is 0 Å². The van der Waals surface area contributed by atoms with Crippen molar-refractivity contribution in [2.75, 3.05) is 20.2 Å². The first kappa shape index (κ1) is 20.1. The molecular formula is C26H31N3O2. The Bertz CT molecular complexity index is 1050. The zero-order valence-electron chi connectivity index (χ0n) is 18.2. The molecule has 1 aliphatic heterocycles. The van der Waals surface area contributed by atoms with Crippen LogP contribution in [0.4, 0.5) is 0 Å². The number of hydrogen-bond donors (Lipinski definition) is 2. The number of amides is 1. The molecule has 0 spiro atoms. The minimum absolute atomic E-state index is 0.0270. The van der Waals surface area contributed by atoms with Crippen molar-refractivity contribution in [1.29, 1.82) is 0 Å². The Morgan fingerprint density at radius 3 is 2.65 bits per heavy atom. The zero-order chi connectivity index (χ0) is 21.2. The number of H-pyrrole nitrogens is 1. The lowest BCUT2D eigenvalue weighted by molar-refractivity contribution is -0.123. The van der Waals surface area contributed by atoms with Gasteiger partial charge in [-0.1, -0.05) is 49.6 Å². The first-order valence-electron chi connectivity index (χ1n) is 11.5. The number of ether oxygens (including phenoxy) is 1. The van der Waals surface area contributed by atoms with Crippen LogP contribution in [-0.2, 0) is 11.2 Å². The summed E-state index contributed by atoms with van der Waals surface area (Å²) in [7, 11) is 1.69. The fourth-order valence-electron chi connectivity index (χ4n) is 5.33. The Labute approximate surface area is 183 Å². The highest BCUT2D eigenvalue weighted by molar-refractivity contribution is 5.85. The molecular weight excluding hydrogens is 386 g/mol. The normalized spacial score (nSPS) is 19.8. The lowest BCUT2D eigenvalue weighted by Crippen LogP contribution is -2.46. The van der Waals surface area contributed by atoms with E-state index in [1.54, 1.807) is 7.11 Å². The molecule has 1 fully saturated rings. The van der Waals surface area contributed by atoms with E-state index >= 15 is 0 Å². The highest BCUT2D eigenvalue weighted by Crippen LogP contribution is 2.38. The topological polar surface area (TPSA) is 57.4 Å². The summed E-state index contributed by atoms with van der Waals surface area (Å²) in [5, 5.41) is 4.59. The van der Waals surface area contributed by atoms with Crippen molar-refractivity contribution in [3.8, 4) is 5.75 Å². The molecule has 1 aliphatic carbocycles. The third-order valence-electron chi connectivity index (χ3n) is 6.88. The summed E-state index contributed by atoms with van der Waals surface area (Å²) in [6.07, 6.45) is 6.91. The van der Waals surface area contributed by atoms with Gasteiger partial charge in [-0.15, -0.1) is 0 Å². The van der Waals surface area contributed by atoms with Crippen molar-refractivity contribution < 1.29 is 9.53 Å². The number of carbonyl (C=O) groups excluding carboxylic acids is 1. The summed E-state index contributed by atoms with van der Waals surface area (Å²) < 4.78 is 5.36. The van der Waals surface area contributed by atoms with Crippen molar-refractivity contribution in [3.05, 3.63) is 65.4 Å². The second kappa shape index (κ2) is 8.75. The smallest absolute Gasteiger partial charge is 0.234 e. The molecule has 1 saturated carbocycles. The van der Waals surface area contributed by atoms with Crippen LogP contribution in [-0.4, -0.2) is 42.0 Å². The van der Waals surface area contributed by atoms with Crippen LogP contribution in [0.2, 0.25) is 0 Å². The van der Waals surface area contributed by atoms with E-state index in [4.69, 9.17) is 4.74 Å². The van der Waals surface area contributed by atoms with Crippen LogP contribution < -0.4 is 10.1 Å². The average molecular weight is 418 g/mol. The van der Waals surface area contributed by atoms with Crippen LogP contribution in [0.1, 0.15) is 55.0 Å². The number of nitrogens with zero attached hydrogens (tertiary/aromatic N) is 1. The third-order valence-corrected chi connectivity index (χ3v) is 6.88. The molecule has 5 rings (SSSR count). The maximum absolute atomic E-state index is 13.0. The Morgan fingerprint density at radius 2 is 1.87 bits per heavy atom. The van der Waals surface area contributed by atoms with Gasteiger partial charge in [0.25, 0.3) is 0 Å². The molecule has 0 unspecified atom stereocenters. The summed E-state index contributed by atoms with van der Waals surface area (Å²) in [4.78, 5) is 18.9. The Kier molecular flexibility index (Phi) is 5.68. The molecule has 1 amide bonds. The lowest BCUT2D eigenvalue weighted by Gasteiger charge is -2.36. The molecule has 1 aromatic heterocycles. The van der Waals surface area contributed by atoms with Crippen LogP contribution in [0.15, 0.2) is 48.5 Å². The number of benzene rings is 2. The number of nitrogens with one attached hydrogen (secondary N) is 2. The number of fused-ring (bicyclic) bond motifs is 3. The van der Waals surface area contributed by atoms with E-state index < -0.39 is 0 Å². The van der Waals surface area contributed by atoms with Gasteiger partial charge in [-0.3, -0.25) is 9.69 Å². The SMILES string of the molecule is COc1ccc([C@H]2c3[nH]c4ccccc4c3CCN2CC(=O)NC2CCCCC2)cc1. The number of hydrogen-bond acceptors (Lipinski definition) is 3. The Balaban J connectivity index is 1.45. The standard InChI is InChI=1S/C26H31N3O2/c1-31-20-13-11-18(12-14-20)26-25-22(21-9-5-6-10-23(21)28-25)15-16-29(26)17-24(30)27-19-7-3-2-4-8-19/h5-6,9-14,19,26,28H,2-4,7-8,15-17H2,1H3,(H,27,30)/t26-/m0/s1. The first-order valence-corrected chi connectivity index (χ1v) is 11.5. The molecule has 0 radical (unpaired) electrons. The number of rotatable bonds is 5. The number of para-hydroxylation sites is 1. The van der Waals surface area contributed by atoms with Gasteiger partial charge in [0.2, 0.25) is 5.91 Å².